The highest BCUT2D eigenvalue weighted by molar-refractivity contribution is 7.16. The van der Waals surface area contributed by atoms with Gasteiger partial charge in [-0.05, 0) is 44.6 Å². The van der Waals surface area contributed by atoms with Crippen LogP contribution in [-0.2, 0) is 6.42 Å². The summed E-state index contributed by atoms with van der Waals surface area (Å²) in [5, 5.41) is 3.63. The minimum absolute atomic E-state index is 0.00431. The van der Waals surface area contributed by atoms with Crippen molar-refractivity contribution in [1.29, 1.82) is 0 Å². The number of carbonyl (C=O) groups excluding carboxylic acids is 1. The quantitative estimate of drug-likeness (QED) is 0.869. The minimum atomic E-state index is -0.00431. The SMILES string of the molecule is CCC1CCc2sc(N)c(C(=O)NC(C)C)c21. The molecule has 0 radical (unpaired) electrons. The van der Waals surface area contributed by atoms with Crippen LogP contribution in [0.25, 0.3) is 0 Å². The maximum absolute atomic E-state index is 12.2. The van der Waals surface area contributed by atoms with Crippen LogP contribution in [0.3, 0.4) is 0 Å². The molecule has 3 nitrogen and oxygen atoms in total. The van der Waals surface area contributed by atoms with Gasteiger partial charge >= 0.3 is 0 Å². The molecule has 0 saturated heterocycles. The Labute approximate surface area is 106 Å². The fourth-order valence-corrected chi connectivity index (χ4v) is 3.72. The number of carbonyl (C=O) groups is 1. The smallest absolute Gasteiger partial charge is 0.254 e. The number of nitrogens with one attached hydrogen (secondary N) is 1. The summed E-state index contributed by atoms with van der Waals surface area (Å²) < 4.78 is 0. The molecule has 1 aliphatic carbocycles. The molecule has 0 bridgehead atoms. The molecule has 0 fully saturated rings. The maximum atomic E-state index is 12.2. The second-order valence-electron chi connectivity index (χ2n) is 4.95. The molecule has 4 heteroatoms. The van der Waals surface area contributed by atoms with Crippen LogP contribution in [-0.4, -0.2) is 11.9 Å². The van der Waals surface area contributed by atoms with Crippen LogP contribution in [0.5, 0.6) is 0 Å². The number of thiophene rings is 1. The Morgan fingerprint density at radius 3 is 2.88 bits per heavy atom. The monoisotopic (exact) mass is 252 g/mol. The molecule has 94 valence electrons. The summed E-state index contributed by atoms with van der Waals surface area (Å²) in [6, 6.07) is 0.152. The van der Waals surface area contributed by atoms with Gasteiger partial charge in [0.1, 0.15) is 0 Å². The van der Waals surface area contributed by atoms with Crippen molar-refractivity contribution in [3.8, 4) is 0 Å². The van der Waals surface area contributed by atoms with E-state index in [1.807, 2.05) is 13.8 Å². The number of aryl methyl sites for hydroxylation is 1. The van der Waals surface area contributed by atoms with Crippen LogP contribution in [0.1, 0.15) is 60.3 Å². The first-order valence-corrected chi connectivity index (χ1v) is 7.08. The Morgan fingerprint density at radius 1 is 1.59 bits per heavy atom. The number of rotatable bonds is 3. The predicted molar refractivity (Wildman–Crippen MR) is 72.7 cm³/mol. The Kier molecular flexibility index (Phi) is 3.43. The van der Waals surface area contributed by atoms with Crippen LogP contribution in [0.4, 0.5) is 5.00 Å². The van der Waals surface area contributed by atoms with Crippen LogP contribution in [0.15, 0.2) is 0 Å². The third-order valence-electron chi connectivity index (χ3n) is 3.32. The molecule has 0 aromatic carbocycles. The van der Waals surface area contributed by atoms with E-state index in [0.29, 0.717) is 10.9 Å². The number of amides is 1. The number of nitrogen functional groups attached to an aromatic ring is 1. The lowest BCUT2D eigenvalue weighted by Crippen LogP contribution is -2.31. The Bertz CT molecular complexity index is 437. The number of anilines is 1. The van der Waals surface area contributed by atoms with Crippen LogP contribution < -0.4 is 11.1 Å². The topological polar surface area (TPSA) is 55.1 Å². The van der Waals surface area contributed by atoms with E-state index in [1.165, 1.54) is 16.9 Å². The third kappa shape index (κ3) is 2.18. The zero-order chi connectivity index (χ0) is 12.6. The van der Waals surface area contributed by atoms with E-state index in [0.717, 1.165) is 18.4 Å². The third-order valence-corrected chi connectivity index (χ3v) is 4.41. The number of hydrogen-bond acceptors (Lipinski definition) is 3. The summed E-state index contributed by atoms with van der Waals surface area (Å²) in [5.41, 5.74) is 7.99. The predicted octanol–water partition coefficient (Wildman–Crippen LogP) is 2.91. The molecule has 1 unspecified atom stereocenters. The van der Waals surface area contributed by atoms with Gasteiger partial charge in [0, 0.05) is 10.9 Å². The van der Waals surface area contributed by atoms with E-state index < -0.39 is 0 Å². The van der Waals surface area contributed by atoms with Crippen molar-refractivity contribution >= 4 is 22.2 Å². The van der Waals surface area contributed by atoms with Crippen LogP contribution in [0, 0.1) is 0 Å². The molecule has 0 saturated carbocycles. The van der Waals surface area contributed by atoms with E-state index in [9.17, 15) is 4.79 Å². The Morgan fingerprint density at radius 2 is 2.29 bits per heavy atom. The molecule has 1 aromatic rings. The molecule has 1 amide bonds. The second-order valence-corrected chi connectivity index (χ2v) is 6.09. The van der Waals surface area contributed by atoms with Crippen molar-refractivity contribution in [2.75, 3.05) is 5.73 Å². The normalized spacial score (nSPS) is 18.5. The van der Waals surface area contributed by atoms with Gasteiger partial charge in [0.25, 0.3) is 5.91 Å². The summed E-state index contributed by atoms with van der Waals surface area (Å²) in [7, 11) is 0. The number of fused-ring (bicyclic) bond motifs is 1. The molecule has 17 heavy (non-hydrogen) atoms. The fourth-order valence-electron chi connectivity index (χ4n) is 2.55. The first kappa shape index (κ1) is 12.4. The van der Waals surface area contributed by atoms with Gasteiger partial charge in [-0.15, -0.1) is 11.3 Å². The average molecular weight is 252 g/mol. The molecule has 1 atom stereocenters. The van der Waals surface area contributed by atoms with Crippen LogP contribution >= 0.6 is 11.3 Å². The fraction of sp³-hybridized carbons (Fsp3) is 0.615. The second kappa shape index (κ2) is 4.69. The summed E-state index contributed by atoms with van der Waals surface area (Å²) in [6.45, 7) is 6.12. The highest BCUT2D eigenvalue weighted by atomic mass is 32.1. The Balaban J connectivity index is 2.37. The largest absolute Gasteiger partial charge is 0.390 e. The lowest BCUT2D eigenvalue weighted by atomic mass is 9.96. The molecule has 1 heterocycles. The first-order chi connectivity index (χ1) is 8.04. The summed E-state index contributed by atoms with van der Waals surface area (Å²) in [6.07, 6.45) is 3.34. The molecule has 1 aliphatic rings. The summed E-state index contributed by atoms with van der Waals surface area (Å²) in [5.74, 6) is 0.516. The highest BCUT2D eigenvalue weighted by Gasteiger charge is 2.31. The van der Waals surface area contributed by atoms with Gasteiger partial charge in [-0.3, -0.25) is 4.79 Å². The highest BCUT2D eigenvalue weighted by Crippen LogP contribution is 2.45. The van der Waals surface area contributed by atoms with Crippen molar-refractivity contribution in [3.63, 3.8) is 0 Å². The zero-order valence-electron chi connectivity index (χ0n) is 10.7. The lowest BCUT2D eigenvalue weighted by Gasteiger charge is -2.13. The van der Waals surface area contributed by atoms with E-state index in [-0.39, 0.29) is 11.9 Å². The molecule has 0 aliphatic heterocycles. The van der Waals surface area contributed by atoms with E-state index in [1.54, 1.807) is 11.3 Å². The molecule has 2 rings (SSSR count). The standard InChI is InChI=1S/C13H20N2OS/c1-4-8-5-6-9-10(8)11(12(14)17-9)13(16)15-7(2)3/h7-8H,4-6,14H2,1-3H3,(H,15,16). The molecule has 3 N–H and O–H groups in total. The average Bonchev–Trinajstić information content (AvgIpc) is 2.73. The van der Waals surface area contributed by atoms with Gasteiger partial charge in [-0.1, -0.05) is 6.92 Å². The number of hydrogen-bond donors (Lipinski definition) is 2. The first-order valence-electron chi connectivity index (χ1n) is 6.26. The maximum Gasteiger partial charge on any atom is 0.254 e. The van der Waals surface area contributed by atoms with E-state index >= 15 is 0 Å². The van der Waals surface area contributed by atoms with Crippen molar-refractivity contribution in [2.45, 2.75) is 52.0 Å². The minimum Gasteiger partial charge on any atom is -0.390 e. The van der Waals surface area contributed by atoms with Gasteiger partial charge in [0.2, 0.25) is 0 Å². The number of nitrogens with two attached hydrogens (primary N) is 1. The summed E-state index contributed by atoms with van der Waals surface area (Å²) in [4.78, 5) is 13.5. The van der Waals surface area contributed by atoms with Crippen molar-refractivity contribution < 1.29 is 4.79 Å². The van der Waals surface area contributed by atoms with Crippen molar-refractivity contribution in [1.82, 2.24) is 5.32 Å². The molecular weight excluding hydrogens is 232 g/mol. The zero-order valence-corrected chi connectivity index (χ0v) is 11.5. The van der Waals surface area contributed by atoms with E-state index in [4.69, 9.17) is 5.73 Å². The molecule has 1 aromatic heterocycles. The van der Waals surface area contributed by atoms with Gasteiger partial charge in [-0.2, -0.15) is 0 Å². The Hall–Kier alpha value is -1.03. The van der Waals surface area contributed by atoms with Gasteiger partial charge in [0.15, 0.2) is 0 Å². The van der Waals surface area contributed by atoms with Gasteiger partial charge in [-0.25, -0.2) is 0 Å². The molecular formula is C13H20N2OS. The van der Waals surface area contributed by atoms with Crippen molar-refractivity contribution in [2.24, 2.45) is 0 Å². The molecule has 0 spiro atoms. The lowest BCUT2D eigenvalue weighted by molar-refractivity contribution is 0.0943. The van der Waals surface area contributed by atoms with Crippen LogP contribution in [0.2, 0.25) is 0 Å². The van der Waals surface area contributed by atoms with Gasteiger partial charge < -0.3 is 11.1 Å². The van der Waals surface area contributed by atoms with Crippen molar-refractivity contribution in [3.05, 3.63) is 16.0 Å². The summed E-state index contributed by atoms with van der Waals surface area (Å²) >= 11 is 1.59. The van der Waals surface area contributed by atoms with Gasteiger partial charge in [0.05, 0.1) is 10.6 Å². The van der Waals surface area contributed by atoms with E-state index in [2.05, 4.69) is 12.2 Å².